The summed E-state index contributed by atoms with van der Waals surface area (Å²) in [4.78, 5) is 14.1. The minimum atomic E-state index is 0.499. The Morgan fingerprint density at radius 1 is 1.16 bits per heavy atom. The second-order valence-corrected chi connectivity index (χ2v) is 8.01. The lowest BCUT2D eigenvalue weighted by Crippen LogP contribution is -2.59. The van der Waals surface area contributed by atoms with Crippen LogP contribution in [0.5, 0.6) is 0 Å². The van der Waals surface area contributed by atoms with Gasteiger partial charge in [0.2, 0.25) is 0 Å². The van der Waals surface area contributed by atoms with Gasteiger partial charge in [-0.1, -0.05) is 36.4 Å². The van der Waals surface area contributed by atoms with Crippen molar-refractivity contribution in [1.82, 2.24) is 25.1 Å². The van der Waals surface area contributed by atoms with E-state index in [1.807, 2.05) is 56.3 Å². The maximum absolute atomic E-state index is 5.49. The van der Waals surface area contributed by atoms with E-state index < -0.39 is 0 Å². The topological polar surface area (TPSA) is 82.2 Å². The second-order valence-electron chi connectivity index (χ2n) is 8.01. The van der Waals surface area contributed by atoms with Gasteiger partial charge in [-0.2, -0.15) is 5.10 Å². The highest BCUT2D eigenvalue weighted by Crippen LogP contribution is 2.25. The van der Waals surface area contributed by atoms with Crippen LogP contribution in [0.4, 0.5) is 17.5 Å². The number of hydrogen-bond acceptors (Lipinski definition) is 7. The van der Waals surface area contributed by atoms with Gasteiger partial charge in [0, 0.05) is 50.1 Å². The summed E-state index contributed by atoms with van der Waals surface area (Å²) in [7, 11) is 2.15. The van der Waals surface area contributed by atoms with Crippen LogP contribution in [-0.4, -0.2) is 71.0 Å². The average Bonchev–Trinajstić information content (AvgIpc) is 3.16. The molecule has 0 unspecified atom stereocenters. The molecule has 0 spiro atoms. The molecule has 0 bridgehead atoms. The van der Waals surface area contributed by atoms with Gasteiger partial charge < -0.3 is 15.0 Å². The van der Waals surface area contributed by atoms with Crippen LogP contribution < -0.4 is 10.2 Å². The van der Waals surface area contributed by atoms with Gasteiger partial charge in [-0.3, -0.25) is 10.00 Å². The Bertz CT molecular complexity index is 1030. The van der Waals surface area contributed by atoms with Crippen LogP contribution in [0.3, 0.4) is 0 Å². The van der Waals surface area contributed by atoms with Crippen LogP contribution in [0.25, 0.3) is 12.2 Å². The van der Waals surface area contributed by atoms with Crippen molar-refractivity contribution in [3.05, 3.63) is 59.5 Å². The number of nitrogens with one attached hydrogen (secondary N) is 2. The average molecular weight is 434 g/mol. The first kappa shape index (κ1) is 22.0. The second kappa shape index (κ2) is 10.4. The van der Waals surface area contributed by atoms with E-state index in [0.29, 0.717) is 11.9 Å². The first-order chi connectivity index (χ1) is 15.6. The van der Waals surface area contributed by atoms with Crippen LogP contribution >= 0.6 is 0 Å². The van der Waals surface area contributed by atoms with Crippen molar-refractivity contribution in [1.29, 1.82) is 0 Å². The third kappa shape index (κ3) is 5.72. The number of aromatic nitrogens is 4. The summed E-state index contributed by atoms with van der Waals surface area (Å²) in [5.41, 5.74) is 2.10. The smallest absolute Gasteiger partial charge is 0.156 e. The Morgan fingerprint density at radius 2 is 1.97 bits per heavy atom. The summed E-state index contributed by atoms with van der Waals surface area (Å²) in [5.74, 6) is 3.04. The molecule has 1 fully saturated rings. The fraction of sp³-hybridized carbons (Fsp3) is 0.375. The van der Waals surface area contributed by atoms with E-state index in [1.165, 1.54) is 0 Å². The minimum absolute atomic E-state index is 0.499. The molecule has 0 aliphatic carbocycles. The maximum atomic E-state index is 5.49. The predicted molar refractivity (Wildman–Crippen MR) is 129 cm³/mol. The fourth-order valence-electron chi connectivity index (χ4n) is 3.56. The van der Waals surface area contributed by atoms with Gasteiger partial charge in [0.25, 0.3) is 0 Å². The molecular formula is C24H31N7O. The van der Waals surface area contributed by atoms with Crippen LogP contribution in [0.15, 0.2) is 42.5 Å². The molecule has 0 atom stereocenters. The molecule has 1 saturated heterocycles. The van der Waals surface area contributed by atoms with Crippen LogP contribution in [-0.2, 0) is 4.74 Å². The number of benzene rings is 1. The molecule has 1 aromatic carbocycles. The lowest BCUT2D eigenvalue weighted by molar-refractivity contribution is 0.1000. The zero-order chi connectivity index (χ0) is 22.3. The van der Waals surface area contributed by atoms with E-state index in [-0.39, 0.29) is 0 Å². The van der Waals surface area contributed by atoms with Gasteiger partial charge in [0.15, 0.2) is 11.6 Å². The van der Waals surface area contributed by atoms with Gasteiger partial charge in [0.1, 0.15) is 11.6 Å². The summed E-state index contributed by atoms with van der Waals surface area (Å²) in [6.45, 7) is 8.33. The molecule has 2 N–H and O–H groups in total. The molecule has 168 valence electrons. The van der Waals surface area contributed by atoms with Gasteiger partial charge in [-0.15, -0.1) is 0 Å². The van der Waals surface area contributed by atoms with Crippen molar-refractivity contribution in [2.45, 2.75) is 19.9 Å². The zero-order valence-electron chi connectivity index (χ0n) is 19.0. The number of nitrogens with zero attached hydrogens (tertiary/aromatic N) is 5. The molecule has 0 radical (unpaired) electrons. The fourth-order valence-corrected chi connectivity index (χ4v) is 3.56. The number of likely N-dealkylation sites (N-methyl/N-ethyl adjacent to an activating group) is 1. The summed E-state index contributed by atoms with van der Waals surface area (Å²) >= 11 is 0. The number of hydrogen-bond donors (Lipinski definition) is 2. The van der Waals surface area contributed by atoms with E-state index in [2.05, 4.69) is 49.5 Å². The molecule has 2 aromatic heterocycles. The number of H-pyrrole nitrogens is 1. The third-order valence-corrected chi connectivity index (χ3v) is 5.52. The third-order valence-electron chi connectivity index (χ3n) is 5.52. The highest BCUT2D eigenvalue weighted by Gasteiger charge is 2.31. The Labute approximate surface area is 189 Å². The Balaban J connectivity index is 1.49. The van der Waals surface area contributed by atoms with Crippen LogP contribution in [0, 0.1) is 6.92 Å². The molecule has 3 heterocycles. The highest BCUT2D eigenvalue weighted by molar-refractivity contribution is 5.69. The monoisotopic (exact) mass is 433 g/mol. The van der Waals surface area contributed by atoms with E-state index >= 15 is 0 Å². The zero-order valence-corrected chi connectivity index (χ0v) is 19.0. The van der Waals surface area contributed by atoms with E-state index in [9.17, 15) is 0 Å². The van der Waals surface area contributed by atoms with Crippen molar-refractivity contribution in [2.75, 3.05) is 50.1 Å². The maximum Gasteiger partial charge on any atom is 0.156 e. The Morgan fingerprint density at radius 3 is 2.69 bits per heavy atom. The standard InChI is InChI=1S/C24H31N7O/c1-4-32-13-12-30(3)20-16-31(17-20)24-15-22(26-23-14-18(2)28-29-23)25-21(27-24)11-10-19-8-6-5-7-9-19/h5-11,14-15,20H,4,12-13,16-17H2,1-3H3,(H2,25,26,27,28,29)/b11-10+. The van der Waals surface area contributed by atoms with Gasteiger partial charge >= 0.3 is 0 Å². The molecule has 1 aliphatic rings. The van der Waals surface area contributed by atoms with E-state index in [0.717, 1.165) is 61.6 Å². The summed E-state index contributed by atoms with van der Waals surface area (Å²) in [6.07, 6.45) is 3.98. The number of ether oxygens (including phenoxy) is 1. The Kier molecular flexibility index (Phi) is 7.14. The van der Waals surface area contributed by atoms with Crippen LogP contribution in [0.1, 0.15) is 24.0 Å². The van der Waals surface area contributed by atoms with Crippen molar-refractivity contribution in [3.63, 3.8) is 0 Å². The highest BCUT2D eigenvalue weighted by atomic mass is 16.5. The van der Waals surface area contributed by atoms with E-state index in [1.54, 1.807) is 0 Å². The van der Waals surface area contributed by atoms with Crippen molar-refractivity contribution >= 4 is 29.6 Å². The number of aryl methyl sites for hydroxylation is 1. The molecule has 0 saturated carbocycles. The number of anilines is 3. The molecule has 8 nitrogen and oxygen atoms in total. The van der Waals surface area contributed by atoms with Crippen molar-refractivity contribution < 1.29 is 4.74 Å². The van der Waals surface area contributed by atoms with Gasteiger partial charge in [-0.25, -0.2) is 9.97 Å². The lowest BCUT2D eigenvalue weighted by atomic mass is 10.1. The first-order valence-corrected chi connectivity index (χ1v) is 11.0. The SMILES string of the molecule is CCOCCN(C)C1CN(c2cc(Nc3cc(C)[nH]n3)nc(/C=C/c3ccccc3)n2)C1. The van der Waals surface area contributed by atoms with Gasteiger partial charge in [-0.05, 0) is 32.5 Å². The Hall–Kier alpha value is -3.23. The van der Waals surface area contributed by atoms with Gasteiger partial charge in [0.05, 0.1) is 6.61 Å². The molecule has 1 aliphatic heterocycles. The first-order valence-electron chi connectivity index (χ1n) is 11.0. The molecular weight excluding hydrogens is 402 g/mol. The normalized spacial score (nSPS) is 14.3. The van der Waals surface area contributed by atoms with Crippen molar-refractivity contribution in [3.8, 4) is 0 Å². The molecule has 0 amide bonds. The van der Waals surface area contributed by atoms with Crippen LogP contribution in [0.2, 0.25) is 0 Å². The lowest BCUT2D eigenvalue weighted by Gasteiger charge is -2.44. The van der Waals surface area contributed by atoms with E-state index in [4.69, 9.17) is 9.72 Å². The molecule has 3 aromatic rings. The quantitative estimate of drug-likeness (QED) is 0.473. The molecule has 32 heavy (non-hydrogen) atoms. The number of aromatic amines is 1. The summed E-state index contributed by atoms with van der Waals surface area (Å²) < 4.78 is 5.49. The minimum Gasteiger partial charge on any atom is -0.380 e. The molecule has 4 rings (SSSR count). The predicted octanol–water partition coefficient (Wildman–Crippen LogP) is 3.58. The van der Waals surface area contributed by atoms with Crippen molar-refractivity contribution in [2.24, 2.45) is 0 Å². The summed E-state index contributed by atoms with van der Waals surface area (Å²) in [5, 5.41) is 10.5. The number of rotatable bonds is 10. The molecule has 8 heteroatoms. The summed E-state index contributed by atoms with van der Waals surface area (Å²) in [6, 6.07) is 14.6. The largest absolute Gasteiger partial charge is 0.380 e.